The van der Waals surface area contributed by atoms with E-state index in [-0.39, 0.29) is 13.0 Å². The number of ketones is 1. The van der Waals surface area contributed by atoms with Gasteiger partial charge in [-0.25, -0.2) is 0 Å². The lowest BCUT2D eigenvalue weighted by Crippen LogP contribution is -2.47. The smallest absolute Gasteiger partial charge is 0.289 e. The molecule has 1 N–H and O–H groups in total. The minimum Gasteiger partial charge on any atom is -0.495 e. The maximum Gasteiger partial charge on any atom is 0.289 e. The topological polar surface area (TPSA) is 75.7 Å². The predicted octanol–water partition coefficient (Wildman–Crippen LogP) is 2.98. The highest BCUT2D eigenvalue weighted by atomic mass is 35.5. The second kappa shape index (κ2) is 9.73. The van der Waals surface area contributed by atoms with E-state index in [4.69, 9.17) is 16.3 Å². The molecule has 0 aliphatic rings. The zero-order valence-corrected chi connectivity index (χ0v) is 15.9. The number of benzene rings is 2. The van der Waals surface area contributed by atoms with Gasteiger partial charge in [-0.15, -0.1) is 0 Å². The third-order valence-electron chi connectivity index (χ3n) is 4.07. The van der Waals surface area contributed by atoms with Gasteiger partial charge in [0.25, 0.3) is 5.91 Å². The summed E-state index contributed by atoms with van der Waals surface area (Å²) in [6, 6.07) is 12.9. The number of halogens is 1. The molecule has 2 rings (SSSR count). The first kappa shape index (κ1) is 20.5. The van der Waals surface area contributed by atoms with E-state index in [0.717, 1.165) is 5.56 Å². The highest BCUT2D eigenvalue weighted by Crippen LogP contribution is 2.29. The average molecular weight is 389 g/mol. The second-order valence-corrected chi connectivity index (χ2v) is 6.22. The molecule has 1 unspecified atom stereocenters. The largest absolute Gasteiger partial charge is 0.495 e. The number of hydrogen-bond donors (Lipinski definition) is 1. The number of para-hydroxylation sites is 2. The number of nitrogens with one attached hydrogen (secondary N) is 1. The molecule has 0 bridgehead atoms. The maximum absolute atomic E-state index is 12.7. The van der Waals surface area contributed by atoms with Crippen LogP contribution in [0.4, 0.5) is 5.69 Å². The Morgan fingerprint density at radius 1 is 1.22 bits per heavy atom. The summed E-state index contributed by atoms with van der Waals surface area (Å²) in [6.07, 6.45) is 0.814. The van der Waals surface area contributed by atoms with Gasteiger partial charge in [0.1, 0.15) is 11.8 Å². The molecular weight excluding hydrogens is 368 g/mol. The van der Waals surface area contributed by atoms with E-state index in [0.29, 0.717) is 22.9 Å². The van der Waals surface area contributed by atoms with Crippen molar-refractivity contribution >= 4 is 35.4 Å². The van der Waals surface area contributed by atoms with Crippen LogP contribution in [0.3, 0.4) is 0 Å². The van der Waals surface area contributed by atoms with Gasteiger partial charge < -0.3 is 15.0 Å². The van der Waals surface area contributed by atoms with Crippen LogP contribution in [0, 0.1) is 0 Å². The van der Waals surface area contributed by atoms with Crippen LogP contribution in [-0.2, 0) is 20.9 Å². The van der Waals surface area contributed by atoms with Crippen molar-refractivity contribution in [1.82, 2.24) is 5.32 Å². The molecule has 7 heteroatoms. The van der Waals surface area contributed by atoms with Gasteiger partial charge in [-0.2, -0.15) is 0 Å². The predicted molar refractivity (Wildman–Crippen MR) is 104 cm³/mol. The number of methoxy groups -OCH3 is 1. The van der Waals surface area contributed by atoms with Crippen LogP contribution < -0.4 is 15.0 Å². The van der Waals surface area contributed by atoms with E-state index < -0.39 is 17.7 Å². The van der Waals surface area contributed by atoms with Crippen LogP contribution >= 0.6 is 11.6 Å². The molecule has 2 aromatic rings. The number of nitrogens with zero attached hydrogens (tertiary/aromatic N) is 1. The summed E-state index contributed by atoms with van der Waals surface area (Å²) in [6.45, 7) is 1.90. The first-order chi connectivity index (χ1) is 13.0. The van der Waals surface area contributed by atoms with Crippen LogP contribution in [0.15, 0.2) is 48.5 Å². The van der Waals surface area contributed by atoms with Gasteiger partial charge in [-0.05, 0) is 36.2 Å². The minimum absolute atomic E-state index is 0.164. The number of anilines is 1. The normalized spacial score (nSPS) is 11.4. The standard InChI is InChI=1S/C20H21ClN2O4/c1-3-16(23(13-24)17-9-4-5-10-18(17)27-2)19(25)20(26)22-12-14-7-6-8-15(21)11-14/h4-11,13,16H,3,12H2,1-2H3,(H,22,26). The van der Waals surface area contributed by atoms with Crippen molar-refractivity contribution in [3.63, 3.8) is 0 Å². The second-order valence-electron chi connectivity index (χ2n) is 5.79. The summed E-state index contributed by atoms with van der Waals surface area (Å²) in [5.74, 6) is -1.02. The summed E-state index contributed by atoms with van der Waals surface area (Å²) in [4.78, 5) is 37.9. The third-order valence-corrected chi connectivity index (χ3v) is 4.30. The molecule has 2 aromatic carbocycles. The number of ether oxygens (including phenoxy) is 1. The molecule has 0 radical (unpaired) electrons. The zero-order chi connectivity index (χ0) is 19.8. The molecule has 2 amide bonds. The molecule has 0 saturated heterocycles. The van der Waals surface area contributed by atoms with Crippen molar-refractivity contribution in [1.29, 1.82) is 0 Å². The number of carbonyl (C=O) groups is 3. The van der Waals surface area contributed by atoms with E-state index >= 15 is 0 Å². The number of carbonyl (C=O) groups excluding carboxylic acids is 3. The van der Waals surface area contributed by atoms with E-state index in [1.54, 1.807) is 55.5 Å². The fourth-order valence-electron chi connectivity index (χ4n) is 2.72. The Morgan fingerprint density at radius 2 is 1.96 bits per heavy atom. The summed E-state index contributed by atoms with van der Waals surface area (Å²) in [5.41, 5.74) is 1.20. The maximum atomic E-state index is 12.7. The zero-order valence-electron chi connectivity index (χ0n) is 15.1. The van der Waals surface area contributed by atoms with Gasteiger partial charge in [0.15, 0.2) is 0 Å². The number of amides is 2. The van der Waals surface area contributed by atoms with Gasteiger partial charge in [0.05, 0.1) is 12.8 Å². The lowest BCUT2D eigenvalue weighted by atomic mass is 10.1. The van der Waals surface area contributed by atoms with Gasteiger partial charge in [0, 0.05) is 11.6 Å². The van der Waals surface area contributed by atoms with E-state index in [2.05, 4.69) is 5.32 Å². The lowest BCUT2D eigenvalue weighted by molar-refractivity contribution is -0.139. The molecule has 0 saturated carbocycles. The van der Waals surface area contributed by atoms with Gasteiger partial charge in [-0.1, -0.05) is 42.8 Å². The molecule has 0 aliphatic heterocycles. The SMILES string of the molecule is CCC(C(=O)C(=O)NCc1cccc(Cl)c1)N(C=O)c1ccccc1OC. The molecule has 27 heavy (non-hydrogen) atoms. The summed E-state index contributed by atoms with van der Waals surface area (Å²) in [7, 11) is 1.47. The molecule has 6 nitrogen and oxygen atoms in total. The number of Topliss-reactive ketones (excluding diaryl/α,β-unsaturated/α-hetero) is 1. The van der Waals surface area contributed by atoms with Crippen molar-refractivity contribution in [2.75, 3.05) is 12.0 Å². The Balaban J connectivity index is 2.15. The molecule has 0 aromatic heterocycles. The van der Waals surface area contributed by atoms with Crippen LogP contribution in [-0.4, -0.2) is 31.3 Å². The van der Waals surface area contributed by atoms with Gasteiger partial charge in [0.2, 0.25) is 12.2 Å². The fraction of sp³-hybridized carbons (Fsp3) is 0.250. The molecule has 0 aliphatic carbocycles. The lowest BCUT2D eigenvalue weighted by Gasteiger charge is -2.27. The van der Waals surface area contributed by atoms with Crippen LogP contribution in [0.25, 0.3) is 0 Å². The highest BCUT2D eigenvalue weighted by Gasteiger charge is 2.30. The van der Waals surface area contributed by atoms with Crippen molar-refractivity contribution < 1.29 is 19.1 Å². The minimum atomic E-state index is -0.932. The Hall–Kier alpha value is -2.86. The van der Waals surface area contributed by atoms with Crippen LogP contribution in [0.5, 0.6) is 5.75 Å². The Kier molecular flexibility index (Phi) is 7.37. The van der Waals surface area contributed by atoms with Crippen molar-refractivity contribution in [3.05, 3.63) is 59.1 Å². The van der Waals surface area contributed by atoms with Crippen molar-refractivity contribution in [3.8, 4) is 5.75 Å². The summed E-state index contributed by atoms with van der Waals surface area (Å²) >= 11 is 5.92. The Bertz CT molecular complexity index is 825. The van der Waals surface area contributed by atoms with Gasteiger partial charge in [-0.3, -0.25) is 14.4 Å². The molecule has 0 heterocycles. The molecule has 0 fully saturated rings. The molecule has 0 spiro atoms. The van der Waals surface area contributed by atoms with Gasteiger partial charge >= 0.3 is 0 Å². The fourth-order valence-corrected chi connectivity index (χ4v) is 2.93. The first-order valence-corrected chi connectivity index (χ1v) is 8.82. The third kappa shape index (κ3) is 5.08. The number of rotatable bonds is 9. The van der Waals surface area contributed by atoms with Crippen molar-refractivity contribution in [2.45, 2.75) is 25.9 Å². The molecule has 142 valence electrons. The first-order valence-electron chi connectivity index (χ1n) is 8.45. The molecule has 1 atom stereocenters. The van der Waals surface area contributed by atoms with Crippen molar-refractivity contribution in [2.24, 2.45) is 0 Å². The monoisotopic (exact) mass is 388 g/mol. The molecular formula is C20H21ClN2O4. The summed E-state index contributed by atoms with van der Waals surface area (Å²) < 4.78 is 5.25. The van der Waals surface area contributed by atoms with E-state index in [9.17, 15) is 14.4 Å². The van der Waals surface area contributed by atoms with E-state index in [1.807, 2.05) is 0 Å². The summed E-state index contributed by atoms with van der Waals surface area (Å²) in [5, 5.41) is 3.12. The Labute approximate surface area is 163 Å². The highest BCUT2D eigenvalue weighted by molar-refractivity contribution is 6.39. The van der Waals surface area contributed by atoms with Crippen LogP contribution in [0.1, 0.15) is 18.9 Å². The Morgan fingerprint density at radius 3 is 2.59 bits per heavy atom. The number of hydrogen-bond acceptors (Lipinski definition) is 4. The van der Waals surface area contributed by atoms with E-state index in [1.165, 1.54) is 12.0 Å². The average Bonchev–Trinajstić information content (AvgIpc) is 2.69. The van der Waals surface area contributed by atoms with Crippen LogP contribution in [0.2, 0.25) is 5.02 Å². The quantitative estimate of drug-likeness (QED) is 0.529.